The summed E-state index contributed by atoms with van der Waals surface area (Å²) in [5.74, 6) is -0.639. The number of hydrazone groups is 1. The lowest BCUT2D eigenvalue weighted by molar-refractivity contribution is -0.122. The molecule has 1 N–H and O–H groups in total. The molecular formula is C19H20BrFN4O3S. The Labute approximate surface area is 177 Å². The van der Waals surface area contributed by atoms with Crippen molar-refractivity contribution < 1.29 is 17.6 Å². The Hall–Kier alpha value is -2.14. The van der Waals surface area contributed by atoms with E-state index < -0.39 is 10.0 Å². The van der Waals surface area contributed by atoms with Gasteiger partial charge >= 0.3 is 0 Å². The number of rotatable bonds is 6. The number of amides is 1. The van der Waals surface area contributed by atoms with Gasteiger partial charge in [-0.1, -0.05) is 28.1 Å². The molecule has 0 spiro atoms. The van der Waals surface area contributed by atoms with Crippen molar-refractivity contribution >= 4 is 38.1 Å². The van der Waals surface area contributed by atoms with Crippen molar-refractivity contribution in [1.82, 2.24) is 14.6 Å². The minimum Gasteiger partial charge on any atom is -0.292 e. The van der Waals surface area contributed by atoms with Crippen molar-refractivity contribution in [3.05, 3.63) is 64.4 Å². The third-order valence-electron chi connectivity index (χ3n) is 4.42. The Morgan fingerprint density at radius 1 is 1.07 bits per heavy atom. The molecule has 0 aliphatic carbocycles. The standard InChI is InChI=1S/C19H20BrFN4O3S/c20-16-3-7-18(8-4-16)29(27,28)25-11-9-24(10-12-25)14-19(26)23-22-13-15-1-5-17(21)6-2-15/h1-8,13H,9-12,14H2,(H,23,26)/b22-13+. The van der Waals surface area contributed by atoms with Crippen molar-refractivity contribution in [1.29, 1.82) is 0 Å². The largest absolute Gasteiger partial charge is 0.292 e. The average Bonchev–Trinajstić information content (AvgIpc) is 2.70. The topological polar surface area (TPSA) is 82.1 Å². The zero-order valence-corrected chi connectivity index (χ0v) is 17.9. The third kappa shape index (κ3) is 5.92. The molecule has 0 saturated carbocycles. The second-order valence-corrected chi connectivity index (χ2v) is 9.33. The maximum atomic E-state index is 12.8. The van der Waals surface area contributed by atoms with Crippen LogP contribution in [0.4, 0.5) is 4.39 Å². The van der Waals surface area contributed by atoms with Crippen LogP contribution in [0.5, 0.6) is 0 Å². The summed E-state index contributed by atoms with van der Waals surface area (Å²) in [4.78, 5) is 14.1. The molecule has 10 heteroatoms. The van der Waals surface area contributed by atoms with Crippen molar-refractivity contribution in [2.75, 3.05) is 32.7 Å². The average molecular weight is 483 g/mol. The normalized spacial score (nSPS) is 16.2. The van der Waals surface area contributed by atoms with E-state index in [1.807, 2.05) is 4.90 Å². The van der Waals surface area contributed by atoms with Crippen LogP contribution in [-0.4, -0.2) is 62.5 Å². The van der Waals surface area contributed by atoms with Crippen molar-refractivity contribution in [3.8, 4) is 0 Å². The molecule has 3 rings (SSSR count). The zero-order valence-electron chi connectivity index (χ0n) is 15.5. The molecule has 2 aromatic carbocycles. The van der Waals surface area contributed by atoms with Crippen LogP contribution in [0.2, 0.25) is 0 Å². The van der Waals surface area contributed by atoms with Crippen LogP contribution in [0, 0.1) is 5.82 Å². The van der Waals surface area contributed by atoms with Gasteiger partial charge < -0.3 is 0 Å². The highest BCUT2D eigenvalue weighted by molar-refractivity contribution is 9.10. The van der Waals surface area contributed by atoms with E-state index in [0.29, 0.717) is 31.7 Å². The number of nitrogens with zero attached hydrogens (tertiary/aromatic N) is 3. The number of hydrogen-bond acceptors (Lipinski definition) is 5. The molecule has 29 heavy (non-hydrogen) atoms. The molecule has 1 amide bonds. The number of sulfonamides is 1. The summed E-state index contributed by atoms with van der Waals surface area (Å²) >= 11 is 3.29. The Bertz CT molecular complexity index is 974. The first-order chi connectivity index (χ1) is 13.8. The molecule has 0 aromatic heterocycles. The molecule has 1 saturated heterocycles. The van der Waals surface area contributed by atoms with E-state index in [1.54, 1.807) is 36.4 Å². The Morgan fingerprint density at radius 2 is 1.69 bits per heavy atom. The lowest BCUT2D eigenvalue weighted by atomic mass is 10.2. The monoisotopic (exact) mass is 482 g/mol. The van der Waals surface area contributed by atoms with Crippen LogP contribution in [0.15, 0.2) is 63.0 Å². The quantitative estimate of drug-likeness (QED) is 0.504. The van der Waals surface area contributed by atoms with E-state index >= 15 is 0 Å². The molecule has 1 aliphatic rings. The van der Waals surface area contributed by atoms with Gasteiger partial charge in [0.05, 0.1) is 17.7 Å². The number of halogens is 2. The first-order valence-corrected chi connectivity index (χ1v) is 11.1. The molecule has 0 atom stereocenters. The molecule has 1 heterocycles. The fraction of sp³-hybridized carbons (Fsp3) is 0.263. The molecule has 7 nitrogen and oxygen atoms in total. The van der Waals surface area contributed by atoms with Gasteiger partial charge in [-0.05, 0) is 42.0 Å². The maximum absolute atomic E-state index is 12.8. The fourth-order valence-corrected chi connectivity index (χ4v) is 4.54. The summed E-state index contributed by atoms with van der Waals surface area (Å²) in [5.41, 5.74) is 3.09. The minimum atomic E-state index is -3.54. The van der Waals surface area contributed by atoms with Gasteiger partial charge in [0.1, 0.15) is 5.82 Å². The van der Waals surface area contributed by atoms with Crippen molar-refractivity contribution in [3.63, 3.8) is 0 Å². The number of carbonyl (C=O) groups is 1. The summed E-state index contributed by atoms with van der Waals surface area (Å²) in [6, 6.07) is 12.2. The summed E-state index contributed by atoms with van der Waals surface area (Å²) in [6.07, 6.45) is 1.43. The molecule has 0 unspecified atom stereocenters. The SMILES string of the molecule is O=C(CN1CCN(S(=O)(=O)c2ccc(Br)cc2)CC1)N/N=C/c1ccc(F)cc1. The van der Waals surface area contributed by atoms with Crippen LogP contribution in [0.1, 0.15) is 5.56 Å². The predicted octanol–water partition coefficient (Wildman–Crippen LogP) is 2.04. The van der Waals surface area contributed by atoms with Crippen LogP contribution < -0.4 is 5.43 Å². The first-order valence-electron chi connectivity index (χ1n) is 8.90. The lowest BCUT2D eigenvalue weighted by Crippen LogP contribution is -2.50. The number of hydrogen-bond donors (Lipinski definition) is 1. The molecule has 0 radical (unpaired) electrons. The molecule has 1 aliphatic heterocycles. The van der Waals surface area contributed by atoms with Gasteiger partial charge in [-0.3, -0.25) is 9.69 Å². The Morgan fingerprint density at radius 3 is 2.31 bits per heavy atom. The van der Waals surface area contributed by atoms with Gasteiger partial charge in [-0.15, -0.1) is 0 Å². The summed E-state index contributed by atoms with van der Waals surface area (Å²) in [7, 11) is -3.54. The van der Waals surface area contributed by atoms with E-state index in [-0.39, 0.29) is 23.2 Å². The molecule has 1 fully saturated rings. The smallest absolute Gasteiger partial charge is 0.254 e. The van der Waals surface area contributed by atoms with Gasteiger partial charge in [0.15, 0.2) is 0 Å². The second kappa shape index (κ2) is 9.57. The van der Waals surface area contributed by atoms with E-state index in [0.717, 1.165) is 4.47 Å². The van der Waals surface area contributed by atoms with Gasteiger partial charge in [-0.2, -0.15) is 9.41 Å². The van der Waals surface area contributed by atoms with Crippen LogP contribution in [0.3, 0.4) is 0 Å². The third-order valence-corrected chi connectivity index (χ3v) is 6.86. The van der Waals surface area contributed by atoms with Gasteiger partial charge in [0.25, 0.3) is 5.91 Å². The number of benzene rings is 2. The number of nitrogens with one attached hydrogen (secondary N) is 1. The Balaban J connectivity index is 1.47. The second-order valence-electron chi connectivity index (χ2n) is 6.48. The van der Waals surface area contributed by atoms with Crippen molar-refractivity contribution in [2.45, 2.75) is 4.90 Å². The Kier molecular flexibility index (Phi) is 7.12. The number of carbonyl (C=O) groups excluding carboxylic acids is 1. The maximum Gasteiger partial charge on any atom is 0.254 e. The highest BCUT2D eigenvalue weighted by atomic mass is 79.9. The molecule has 0 bridgehead atoms. The van der Waals surface area contributed by atoms with Crippen LogP contribution in [0.25, 0.3) is 0 Å². The van der Waals surface area contributed by atoms with E-state index in [4.69, 9.17) is 0 Å². The highest BCUT2D eigenvalue weighted by Crippen LogP contribution is 2.20. The van der Waals surface area contributed by atoms with Crippen LogP contribution >= 0.6 is 15.9 Å². The fourth-order valence-electron chi connectivity index (χ4n) is 2.85. The first kappa shape index (κ1) is 21.6. The van der Waals surface area contributed by atoms with Gasteiger partial charge in [-0.25, -0.2) is 18.2 Å². The molecule has 154 valence electrons. The molecular weight excluding hydrogens is 463 g/mol. The predicted molar refractivity (Wildman–Crippen MR) is 111 cm³/mol. The van der Waals surface area contributed by atoms with E-state index in [1.165, 1.54) is 22.7 Å². The minimum absolute atomic E-state index is 0.118. The van der Waals surface area contributed by atoms with Gasteiger partial charge in [0.2, 0.25) is 10.0 Å². The zero-order chi connectivity index (χ0) is 20.9. The molecule has 2 aromatic rings. The lowest BCUT2D eigenvalue weighted by Gasteiger charge is -2.33. The van der Waals surface area contributed by atoms with E-state index in [2.05, 4.69) is 26.5 Å². The van der Waals surface area contributed by atoms with Crippen molar-refractivity contribution in [2.24, 2.45) is 5.10 Å². The summed E-state index contributed by atoms with van der Waals surface area (Å²) in [6.45, 7) is 1.64. The van der Waals surface area contributed by atoms with Gasteiger partial charge in [0, 0.05) is 30.7 Å². The number of piperazine rings is 1. The highest BCUT2D eigenvalue weighted by Gasteiger charge is 2.28. The van der Waals surface area contributed by atoms with Crippen LogP contribution in [-0.2, 0) is 14.8 Å². The summed E-state index contributed by atoms with van der Waals surface area (Å²) < 4.78 is 40.5. The van der Waals surface area contributed by atoms with E-state index in [9.17, 15) is 17.6 Å². The summed E-state index contributed by atoms with van der Waals surface area (Å²) in [5, 5.41) is 3.85.